The highest BCUT2D eigenvalue weighted by Gasteiger charge is 2.38. The predicted molar refractivity (Wildman–Crippen MR) is 72.9 cm³/mol. The molecule has 3 heteroatoms. The number of carbonyl (C=O) groups is 2. The van der Waals surface area contributed by atoms with Gasteiger partial charge in [0.15, 0.2) is 5.78 Å². The lowest BCUT2D eigenvalue weighted by atomic mass is 9.96. The highest BCUT2D eigenvalue weighted by Crippen LogP contribution is 2.29. The van der Waals surface area contributed by atoms with Crippen molar-refractivity contribution in [1.82, 2.24) is 4.90 Å². The maximum Gasteiger partial charge on any atom is 0.233 e. The van der Waals surface area contributed by atoms with Crippen LogP contribution in [-0.4, -0.2) is 29.7 Å². The monoisotopic (exact) mass is 257 g/mol. The highest BCUT2D eigenvalue weighted by molar-refractivity contribution is 6.13. The van der Waals surface area contributed by atoms with E-state index in [0.717, 1.165) is 37.1 Å². The summed E-state index contributed by atoms with van der Waals surface area (Å²) in [5, 5.41) is 0. The highest BCUT2D eigenvalue weighted by atomic mass is 16.2. The molecular weight excluding hydrogens is 238 g/mol. The van der Waals surface area contributed by atoms with Gasteiger partial charge in [0.1, 0.15) is 5.92 Å². The number of amides is 1. The fourth-order valence-corrected chi connectivity index (χ4v) is 3.09. The number of likely N-dealkylation sites (tertiary alicyclic amines) is 1. The summed E-state index contributed by atoms with van der Waals surface area (Å²) < 4.78 is 0. The summed E-state index contributed by atoms with van der Waals surface area (Å²) in [7, 11) is 0. The molecule has 1 heterocycles. The van der Waals surface area contributed by atoms with Gasteiger partial charge in [0.2, 0.25) is 5.91 Å². The van der Waals surface area contributed by atoms with Crippen molar-refractivity contribution in [2.75, 3.05) is 13.1 Å². The molecule has 19 heavy (non-hydrogen) atoms. The van der Waals surface area contributed by atoms with Crippen LogP contribution in [0, 0.1) is 11.8 Å². The van der Waals surface area contributed by atoms with E-state index in [4.69, 9.17) is 0 Å². The largest absolute Gasteiger partial charge is 0.342 e. The molecule has 0 N–H and O–H groups in total. The van der Waals surface area contributed by atoms with Gasteiger partial charge in [-0.3, -0.25) is 9.59 Å². The lowest BCUT2D eigenvalue weighted by Crippen LogP contribution is -2.43. The van der Waals surface area contributed by atoms with Crippen molar-refractivity contribution >= 4 is 11.7 Å². The molecule has 0 saturated carbocycles. The van der Waals surface area contributed by atoms with Crippen LogP contribution < -0.4 is 0 Å². The number of hydrogen-bond acceptors (Lipinski definition) is 2. The fourth-order valence-electron chi connectivity index (χ4n) is 3.09. The molecule has 100 valence electrons. The minimum atomic E-state index is -0.467. The molecule has 1 fully saturated rings. The van der Waals surface area contributed by atoms with E-state index in [1.165, 1.54) is 0 Å². The van der Waals surface area contributed by atoms with Crippen LogP contribution in [0.4, 0.5) is 0 Å². The van der Waals surface area contributed by atoms with E-state index in [0.29, 0.717) is 12.3 Å². The molecule has 0 spiro atoms. The molecule has 0 radical (unpaired) electrons. The zero-order chi connectivity index (χ0) is 13.4. The van der Waals surface area contributed by atoms with Gasteiger partial charge in [-0.1, -0.05) is 31.2 Å². The Labute approximate surface area is 113 Å². The number of ketones is 1. The molecule has 1 atom stereocenters. The Morgan fingerprint density at radius 2 is 1.89 bits per heavy atom. The Bertz CT molecular complexity index is 515. The Balaban J connectivity index is 1.75. The molecule has 1 aromatic rings. The van der Waals surface area contributed by atoms with Crippen molar-refractivity contribution < 1.29 is 9.59 Å². The Hall–Kier alpha value is -1.64. The number of hydrogen-bond donors (Lipinski definition) is 0. The van der Waals surface area contributed by atoms with Crippen LogP contribution in [0.15, 0.2) is 24.3 Å². The SMILES string of the molecule is CC1CCN(C(=O)C2Cc3ccccc3C2=O)CC1. The Morgan fingerprint density at radius 1 is 1.21 bits per heavy atom. The minimum Gasteiger partial charge on any atom is -0.342 e. The first-order chi connectivity index (χ1) is 9.16. The fraction of sp³-hybridized carbons (Fsp3) is 0.500. The average Bonchev–Trinajstić information content (AvgIpc) is 2.77. The first kappa shape index (κ1) is 12.4. The van der Waals surface area contributed by atoms with E-state index >= 15 is 0 Å². The third-order valence-corrected chi connectivity index (χ3v) is 4.42. The van der Waals surface area contributed by atoms with Gasteiger partial charge >= 0.3 is 0 Å². The zero-order valence-corrected chi connectivity index (χ0v) is 11.3. The van der Waals surface area contributed by atoms with Gasteiger partial charge in [0.05, 0.1) is 0 Å². The number of nitrogens with zero attached hydrogens (tertiary/aromatic N) is 1. The Morgan fingerprint density at radius 3 is 2.58 bits per heavy atom. The van der Waals surface area contributed by atoms with E-state index < -0.39 is 5.92 Å². The third kappa shape index (κ3) is 2.18. The van der Waals surface area contributed by atoms with Crippen LogP contribution in [0.2, 0.25) is 0 Å². The quantitative estimate of drug-likeness (QED) is 0.724. The summed E-state index contributed by atoms with van der Waals surface area (Å²) in [6.45, 7) is 3.83. The first-order valence-electron chi connectivity index (χ1n) is 7.07. The van der Waals surface area contributed by atoms with Crippen molar-refractivity contribution in [1.29, 1.82) is 0 Å². The average molecular weight is 257 g/mol. The van der Waals surface area contributed by atoms with Gasteiger partial charge in [-0.05, 0) is 30.7 Å². The summed E-state index contributed by atoms with van der Waals surface area (Å²) in [5.74, 6) is 0.277. The van der Waals surface area contributed by atoms with Crippen molar-refractivity contribution in [3.05, 3.63) is 35.4 Å². The van der Waals surface area contributed by atoms with E-state index in [1.807, 2.05) is 29.2 Å². The molecule has 3 nitrogen and oxygen atoms in total. The molecule has 1 saturated heterocycles. The second kappa shape index (κ2) is 4.80. The molecule has 2 aliphatic rings. The van der Waals surface area contributed by atoms with E-state index in [-0.39, 0.29) is 11.7 Å². The van der Waals surface area contributed by atoms with Gasteiger partial charge in [-0.25, -0.2) is 0 Å². The predicted octanol–water partition coefficient (Wildman–Crippen LogP) is 2.30. The normalized spacial score (nSPS) is 23.5. The molecule has 1 unspecified atom stereocenters. The number of fused-ring (bicyclic) bond motifs is 1. The van der Waals surface area contributed by atoms with Crippen LogP contribution in [-0.2, 0) is 11.2 Å². The van der Waals surface area contributed by atoms with Crippen molar-refractivity contribution in [3.8, 4) is 0 Å². The van der Waals surface area contributed by atoms with E-state index in [9.17, 15) is 9.59 Å². The molecule has 3 rings (SSSR count). The lowest BCUT2D eigenvalue weighted by Gasteiger charge is -2.31. The molecule has 1 aliphatic heterocycles. The summed E-state index contributed by atoms with van der Waals surface area (Å²) in [6, 6.07) is 7.59. The molecule has 1 amide bonds. The number of Topliss-reactive ketones (excluding diaryl/α,β-unsaturated/α-hetero) is 1. The second-order valence-electron chi connectivity index (χ2n) is 5.79. The van der Waals surface area contributed by atoms with Crippen molar-refractivity contribution in [3.63, 3.8) is 0 Å². The smallest absolute Gasteiger partial charge is 0.233 e. The molecular formula is C16H19NO2. The summed E-state index contributed by atoms with van der Waals surface area (Å²) in [5.41, 5.74) is 1.77. The minimum absolute atomic E-state index is 0.0132. The lowest BCUT2D eigenvalue weighted by molar-refractivity contribution is -0.135. The van der Waals surface area contributed by atoms with Crippen LogP contribution in [0.5, 0.6) is 0 Å². The van der Waals surface area contributed by atoms with Crippen molar-refractivity contribution in [2.24, 2.45) is 11.8 Å². The molecule has 0 aromatic heterocycles. The summed E-state index contributed by atoms with van der Waals surface area (Å²) >= 11 is 0. The van der Waals surface area contributed by atoms with Crippen LogP contribution in [0.25, 0.3) is 0 Å². The van der Waals surface area contributed by atoms with Gasteiger partial charge in [0, 0.05) is 18.7 Å². The first-order valence-corrected chi connectivity index (χ1v) is 7.07. The molecule has 1 aliphatic carbocycles. The van der Waals surface area contributed by atoms with Crippen LogP contribution in [0.3, 0.4) is 0 Å². The van der Waals surface area contributed by atoms with Gasteiger partial charge < -0.3 is 4.90 Å². The molecule has 0 bridgehead atoms. The summed E-state index contributed by atoms with van der Waals surface area (Å²) in [6.07, 6.45) is 2.69. The van der Waals surface area contributed by atoms with Crippen LogP contribution >= 0.6 is 0 Å². The zero-order valence-electron chi connectivity index (χ0n) is 11.3. The Kier molecular flexibility index (Phi) is 3.13. The van der Waals surface area contributed by atoms with Crippen LogP contribution in [0.1, 0.15) is 35.7 Å². The number of piperidine rings is 1. The topological polar surface area (TPSA) is 37.4 Å². The van der Waals surface area contributed by atoms with Gasteiger partial charge in [0.25, 0.3) is 0 Å². The maximum atomic E-state index is 12.5. The third-order valence-electron chi connectivity index (χ3n) is 4.42. The second-order valence-corrected chi connectivity index (χ2v) is 5.79. The van der Waals surface area contributed by atoms with E-state index in [1.54, 1.807) is 0 Å². The number of rotatable bonds is 1. The maximum absolute atomic E-state index is 12.5. The van der Waals surface area contributed by atoms with Gasteiger partial charge in [-0.2, -0.15) is 0 Å². The number of benzene rings is 1. The standard InChI is InChI=1S/C16H19NO2/c1-11-6-8-17(9-7-11)16(19)14-10-12-4-2-3-5-13(12)15(14)18/h2-5,11,14H,6-10H2,1H3. The molecule has 1 aromatic carbocycles. The summed E-state index contributed by atoms with van der Waals surface area (Å²) in [4.78, 5) is 26.7. The van der Waals surface area contributed by atoms with Gasteiger partial charge in [-0.15, -0.1) is 0 Å². The van der Waals surface area contributed by atoms with Crippen molar-refractivity contribution in [2.45, 2.75) is 26.2 Å². The number of carbonyl (C=O) groups excluding carboxylic acids is 2. The van der Waals surface area contributed by atoms with E-state index in [2.05, 4.69) is 6.92 Å².